The molecule has 1 aliphatic rings. The van der Waals surface area contributed by atoms with Gasteiger partial charge in [0.2, 0.25) is 0 Å². The van der Waals surface area contributed by atoms with Gasteiger partial charge in [-0.1, -0.05) is 30.3 Å². The third-order valence-corrected chi connectivity index (χ3v) is 5.06. The van der Waals surface area contributed by atoms with E-state index in [-0.39, 0.29) is 35.6 Å². The Labute approximate surface area is 164 Å². The third-order valence-electron chi connectivity index (χ3n) is 5.06. The Morgan fingerprint density at radius 2 is 1.93 bits per heavy atom. The summed E-state index contributed by atoms with van der Waals surface area (Å²) >= 11 is 0. The number of hydrogen-bond acceptors (Lipinski definition) is 5. The molecule has 2 N–H and O–H groups in total. The smallest absolute Gasteiger partial charge is 0.358 e. The topological polar surface area (TPSA) is 83.8 Å². The van der Waals surface area contributed by atoms with Gasteiger partial charge in [-0.25, -0.2) is 4.79 Å². The van der Waals surface area contributed by atoms with E-state index in [4.69, 9.17) is 4.74 Å². The molecule has 28 heavy (non-hydrogen) atoms. The van der Waals surface area contributed by atoms with Gasteiger partial charge in [-0.15, -0.1) is 0 Å². The molecule has 2 heterocycles. The van der Waals surface area contributed by atoms with E-state index in [0.29, 0.717) is 6.54 Å². The van der Waals surface area contributed by atoms with E-state index in [1.165, 1.54) is 10.8 Å². The summed E-state index contributed by atoms with van der Waals surface area (Å²) in [6, 6.07) is 9.86. The SMILES string of the molecule is CCOC(=O)c1c(O)c(C(=O)N(Cc2ccccc2)C2CCNCC2)cn1C. The number of nitrogens with one attached hydrogen (secondary N) is 1. The van der Waals surface area contributed by atoms with Crippen molar-refractivity contribution in [3.63, 3.8) is 0 Å². The van der Waals surface area contributed by atoms with E-state index in [1.54, 1.807) is 18.9 Å². The fourth-order valence-electron chi connectivity index (χ4n) is 3.63. The van der Waals surface area contributed by atoms with E-state index < -0.39 is 5.97 Å². The van der Waals surface area contributed by atoms with Crippen molar-refractivity contribution in [3.05, 3.63) is 53.3 Å². The van der Waals surface area contributed by atoms with Gasteiger partial charge in [0.25, 0.3) is 5.91 Å². The van der Waals surface area contributed by atoms with E-state index in [1.807, 2.05) is 30.3 Å². The minimum Gasteiger partial charge on any atom is -0.505 e. The molecule has 0 unspecified atom stereocenters. The number of carbonyl (C=O) groups excluding carboxylic acids is 2. The molecule has 1 aromatic heterocycles. The Kier molecular flexibility index (Phi) is 6.36. The molecule has 1 amide bonds. The maximum Gasteiger partial charge on any atom is 0.358 e. The molecule has 1 aliphatic heterocycles. The summed E-state index contributed by atoms with van der Waals surface area (Å²) in [5.74, 6) is -1.24. The first-order valence-corrected chi connectivity index (χ1v) is 9.64. The van der Waals surface area contributed by atoms with E-state index >= 15 is 0 Å². The Balaban J connectivity index is 1.92. The first-order valence-electron chi connectivity index (χ1n) is 9.64. The number of hydrogen-bond donors (Lipinski definition) is 2. The first kappa shape index (κ1) is 19.9. The zero-order valence-corrected chi connectivity index (χ0v) is 16.4. The van der Waals surface area contributed by atoms with Gasteiger partial charge in [0, 0.05) is 25.8 Å². The van der Waals surface area contributed by atoms with Gasteiger partial charge in [0.1, 0.15) is 0 Å². The Hall–Kier alpha value is -2.80. The highest BCUT2D eigenvalue weighted by Crippen LogP contribution is 2.29. The number of ether oxygens (including phenoxy) is 1. The van der Waals surface area contributed by atoms with Crippen molar-refractivity contribution < 1.29 is 19.4 Å². The predicted octanol–water partition coefficient (Wildman–Crippen LogP) is 2.30. The quantitative estimate of drug-likeness (QED) is 0.746. The fourth-order valence-corrected chi connectivity index (χ4v) is 3.63. The van der Waals surface area contributed by atoms with Crippen molar-refractivity contribution in [1.29, 1.82) is 0 Å². The van der Waals surface area contributed by atoms with Crippen LogP contribution in [-0.4, -0.2) is 52.2 Å². The number of carbonyl (C=O) groups is 2. The molecule has 0 saturated carbocycles. The van der Waals surface area contributed by atoms with Crippen LogP contribution >= 0.6 is 0 Å². The Morgan fingerprint density at radius 1 is 1.25 bits per heavy atom. The van der Waals surface area contributed by atoms with Crippen LogP contribution in [0.25, 0.3) is 0 Å². The highest BCUT2D eigenvalue weighted by atomic mass is 16.5. The average Bonchev–Trinajstić information content (AvgIpc) is 3.01. The molecule has 150 valence electrons. The summed E-state index contributed by atoms with van der Waals surface area (Å²) in [6.07, 6.45) is 3.19. The van der Waals surface area contributed by atoms with Gasteiger partial charge in [0.05, 0.1) is 12.2 Å². The van der Waals surface area contributed by atoms with Crippen LogP contribution in [0.3, 0.4) is 0 Å². The molecule has 0 bridgehead atoms. The molecule has 1 aromatic carbocycles. The zero-order valence-electron chi connectivity index (χ0n) is 16.4. The minimum atomic E-state index is -0.641. The van der Waals surface area contributed by atoms with Crippen LogP contribution in [-0.2, 0) is 18.3 Å². The van der Waals surface area contributed by atoms with Crippen molar-refractivity contribution in [3.8, 4) is 5.75 Å². The molecule has 7 heteroatoms. The summed E-state index contributed by atoms with van der Waals surface area (Å²) in [7, 11) is 1.62. The highest BCUT2D eigenvalue weighted by Gasteiger charge is 2.31. The normalized spacial score (nSPS) is 14.6. The molecule has 7 nitrogen and oxygen atoms in total. The summed E-state index contributed by atoms with van der Waals surface area (Å²) in [5.41, 5.74) is 1.14. The lowest BCUT2D eigenvalue weighted by molar-refractivity contribution is 0.0512. The van der Waals surface area contributed by atoms with Crippen LogP contribution in [0.15, 0.2) is 36.5 Å². The van der Waals surface area contributed by atoms with E-state index in [0.717, 1.165) is 31.5 Å². The number of aromatic hydroxyl groups is 1. The first-order chi connectivity index (χ1) is 13.5. The molecule has 1 fully saturated rings. The van der Waals surface area contributed by atoms with Crippen LogP contribution in [0.1, 0.15) is 46.2 Å². The van der Waals surface area contributed by atoms with Crippen molar-refractivity contribution >= 4 is 11.9 Å². The standard InChI is InChI=1S/C21H27N3O4/c1-3-28-21(27)18-19(25)17(14-23(18)2)20(26)24(16-9-11-22-12-10-16)13-15-7-5-4-6-8-15/h4-8,14,16,22,25H,3,9-13H2,1-2H3. The van der Waals surface area contributed by atoms with Crippen molar-refractivity contribution in [2.75, 3.05) is 19.7 Å². The number of aryl methyl sites for hydroxylation is 1. The second-order valence-electron chi connectivity index (χ2n) is 6.97. The van der Waals surface area contributed by atoms with Crippen LogP contribution in [0.4, 0.5) is 0 Å². The molecule has 0 radical (unpaired) electrons. The summed E-state index contributed by atoms with van der Waals surface area (Å²) < 4.78 is 6.45. The molecule has 0 atom stereocenters. The molecular weight excluding hydrogens is 358 g/mol. The number of esters is 1. The fraction of sp³-hybridized carbons (Fsp3) is 0.429. The number of rotatable bonds is 6. The number of nitrogens with zero attached hydrogens (tertiary/aromatic N) is 2. The van der Waals surface area contributed by atoms with Gasteiger partial charge in [-0.2, -0.15) is 0 Å². The van der Waals surface area contributed by atoms with Crippen LogP contribution in [0.2, 0.25) is 0 Å². The predicted molar refractivity (Wildman–Crippen MR) is 105 cm³/mol. The summed E-state index contributed by atoms with van der Waals surface area (Å²) in [6.45, 7) is 4.04. The number of piperidine rings is 1. The largest absolute Gasteiger partial charge is 0.505 e. The van der Waals surface area contributed by atoms with Crippen LogP contribution < -0.4 is 5.32 Å². The molecule has 2 aromatic rings. The molecular formula is C21H27N3O4. The van der Waals surface area contributed by atoms with Crippen LogP contribution in [0.5, 0.6) is 5.75 Å². The van der Waals surface area contributed by atoms with Crippen LogP contribution in [0, 0.1) is 0 Å². The Bertz CT molecular complexity index is 826. The molecule has 1 saturated heterocycles. The minimum absolute atomic E-state index is 0.00447. The van der Waals surface area contributed by atoms with Gasteiger partial charge < -0.3 is 24.6 Å². The van der Waals surface area contributed by atoms with Gasteiger partial charge in [-0.3, -0.25) is 4.79 Å². The lowest BCUT2D eigenvalue weighted by Gasteiger charge is -2.34. The molecule has 0 spiro atoms. The second kappa shape index (κ2) is 8.93. The number of benzene rings is 1. The number of amides is 1. The monoisotopic (exact) mass is 385 g/mol. The van der Waals surface area contributed by atoms with E-state index in [9.17, 15) is 14.7 Å². The van der Waals surface area contributed by atoms with Gasteiger partial charge >= 0.3 is 5.97 Å². The van der Waals surface area contributed by atoms with Gasteiger partial charge in [-0.05, 0) is 38.4 Å². The third kappa shape index (κ3) is 4.20. The zero-order chi connectivity index (χ0) is 20.1. The summed E-state index contributed by atoms with van der Waals surface area (Å²) in [5, 5.41) is 13.9. The summed E-state index contributed by atoms with van der Waals surface area (Å²) in [4.78, 5) is 27.3. The lowest BCUT2D eigenvalue weighted by atomic mass is 10.0. The highest BCUT2D eigenvalue weighted by molar-refractivity contribution is 6.02. The second-order valence-corrected chi connectivity index (χ2v) is 6.97. The average molecular weight is 385 g/mol. The Morgan fingerprint density at radius 3 is 2.57 bits per heavy atom. The van der Waals surface area contributed by atoms with Crippen molar-refractivity contribution in [2.24, 2.45) is 7.05 Å². The lowest BCUT2D eigenvalue weighted by Crippen LogP contribution is -2.45. The van der Waals surface area contributed by atoms with Crippen molar-refractivity contribution in [1.82, 2.24) is 14.8 Å². The number of aromatic nitrogens is 1. The molecule has 0 aliphatic carbocycles. The maximum absolute atomic E-state index is 13.4. The maximum atomic E-state index is 13.4. The van der Waals surface area contributed by atoms with Crippen molar-refractivity contribution in [2.45, 2.75) is 32.4 Å². The van der Waals surface area contributed by atoms with E-state index in [2.05, 4.69) is 5.32 Å². The van der Waals surface area contributed by atoms with Gasteiger partial charge in [0.15, 0.2) is 11.4 Å². The molecule has 3 rings (SSSR count).